The van der Waals surface area contributed by atoms with Crippen LogP contribution in [-0.4, -0.2) is 36.3 Å². The number of hydrogen-bond acceptors (Lipinski definition) is 4. The van der Waals surface area contributed by atoms with Crippen molar-refractivity contribution in [2.45, 2.75) is 32.7 Å². The molecule has 6 heteroatoms. The Bertz CT molecular complexity index is 786. The van der Waals surface area contributed by atoms with E-state index in [1.807, 2.05) is 36.7 Å². The zero-order valence-corrected chi connectivity index (χ0v) is 15.6. The molecule has 0 saturated heterocycles. The van der Waals surface area contributed by atoms with E-state index in [-0.39, 0.29) is 11.8 Å². The van der Waals surface area contributed by atoms with Crippen LogP contribution in [-0.2, 0) is 4.79 Å². The topological polar surface area (TPSA) is 52.7 Å². The second-order valence-electron chi connectivity index (χ2n) is 6.36. The third-order valence-corrected chi connectivity index (χ3v) is 5.52. The highest BCUT2D eigenvalue weighted by Gasteiger charge is 2.29. The third kappa shape index (κ3) is 3.45. The van der Waals surface area contributed by atoms with Crippen molar-refractivity contribution in [1.82, 2.24) is 4.90 Å². The molecule has 5 nitrogen and oxygen atoms in total. The monoisotopic (exact) mass is 357 g/mol. The van der Waals surface area contributed by atoms with Gasteiger partial charge in [0, 0.05) is 29.8 Å². The zero-order chi connectivity index (χ0) is 18.0. The van der Waals surface area contributed by atoms with E-state index < -0.39 is 0 Å². The maximum Gasteiger partial charge on any atom is 0.258 e. The van der Waals surface area contributed by atoms with Crippen LogP contribution in [0.2, 0.25) is 0 Å². The number of nitrogens with one attached hydrogen (secondary N) is 1. The van der Waals surface area contributed by atoms with Crippen molar-refractivity contribution in [3.8, 4) is 0 Å². The number of amides is 2. The molecule has 0 aliphatic carbocycles. The van der Waals surface area contributed by atoms with Crippen molar-refractivity contribution in [3.63, 3.8) is 0 Å². The molecule has 1 N–H and O–H groups in total. The van der Waals surface area contributed by atoms with Gasteiger partial charge < -0.3 is 10.2 Å². The Hall–Kier alpha value is -2.18. The van der Waals surface area contributed by atoms with Crippen molar-refractivity contribution >= 4 is 40.2 Å². The molecule has 0 saturated carbocycles. The number of thiophene rings is 1. The highest BCUT2D eigenvalue weighted by Crippen LogP contribution is 2.39. The maximum atomic E-state index is 13.1. The lowest BCUT2D eigenvalue weighted by Gasteiger charge is -2.26. The lowest BCUT2D eigenvalue weighted by Crippen LogP contribution is -2.34. The highest BCUT2D eigenvalue weighted by atomic mass is 32.1. The Kier molecular flexibility index (Phi) is 5.20. The van der Waals surface area contributed by atoms with Gasteiger partial charge in [-0.2, -0.15) is 0 Å². The Morgan fingerprint density at radius 1 is 1.28 bits per heavy atom. The molecule has 1 aromatic heterocycles. The first kappa shape index (κ1) is 17.6. The molecule has 0 radical (unpaired) electrons. The molecule has 1 unspecified atom stereocenters. The molecule has 2 amide bonds. The number of anilines is 3. The number of rotatable bonds is 5. The number of fused-ring (bicyclic) bond motifs is 2. The minimum absolute atomic E-state index is 0.00115. The summed E-state index contributed by atoms with van der Waals surface area (Å²) in [5.41, 5.74) is 2.61. The molecule has 0 bridgehead atoms. The predicted octanol–water partition coefficient (Wildman–Crippen LogP) is 4.10. The fourth-order valence-electron chi connectivity index (χ4n) is 2.91. The quantitative estimate of drug-likeness (QED) is 0.876. The van der Waals surface area contributed by atoms with Gasteiger partial charge in [-0.1, -0.05) is 19.1 Å². The first-order valence-corrected chi connectivity index (χ1v) is 9.47. The minimum Gasteiger partial charge on any atom is -0.320 e. The van der Waals surface area contributed by atoms with Crippen LogP contribution in [0.1, 0.15) is 37.0 Å². The van der Waals surface area contributed by atoms with Gasteiger partial charge in [0.2, 0.25) is 5.91 Å². The summed E-state index contributed by atoms with van der Waals surface area (Å²) >= 11 is 1.43. The van der Waals surface area contributed by atoms with E-state index in [0.717, 1.165) is 12.1 Å². The number of benzene rings is 1. The van der Waals surface area contributed by atoms with Gasteiger partial charge in [0.05, 0.1) is 22.6 Å². The number of para-hydroxylation sites is 2. The molecule has 3 rings (SSSR count). The average Bonchev–Trinajstić information content (AvgIpc) is 3.05. The van der Waals surface area contributed by atoms with Crippen LogP contribution >= 0.6 is 11.3 Å². The second kappa shape index (κ2) is 7.37. The van der Waals surface area contributed by atoms with Crippen LogP contribution in [0, 0.1) is 0 Å². The van der Waals surface area contributed by atoms with Crippen LogP contribution in [0.25, 0.3) is 0 Å². The van der Waals surface area contributed by atoms with Gasteiger partial charge in [-0.3, -0.25) is 14.5 Å². The molecule has 1 aliphatic rings. The maximum absolute atomic E-state index is 13.1. The molecule has 25 heavy (non-hydrogen) atoms. The third-order valence-electron chi connectivity index (χ3n) is 4.79. The van der Waals surface area contributed by atoms with Gasteiger partial charge in [-0.25, -0.2) is 0 Å². The Labute approximate surface area is 152 Å². The summed E-state index contributed by atoms with van der Waals surface area (Å²) in [4.78, 5) is 29.4. The number of hydrogen-bond donors (Lipinski definition) is 1. The van der Waals surface area contributed by atoms with Crippen LogP contribution in [0.4, 0.5) is 17.1 Å². The van der Waals surface area contributed by atoms with E-state index in [1.165, 1.54) is 11.3 Å². The fourth-order valence-corrected chi connectivity index (χ4v) is 3.70. The average molecular weight is 357 g/mol. The number of carbonyl (C=O) groups excluding carboxylic acids is 2. The van der Waals surface area contributed by atoms with Gasteiger partial charge >= 0.3 is 0 Å². The summed E-state index contributed by atoms with van der Waals surface area (Å²) in [7, 11) is 2.04. The Balaban J connectivity index is 1.91. The van der Waals surface area contributed by atoms with E-state index in [4.69, 9.17) is 0 Å². The molecular formula is C19H23N3O2S. The van der Waals surface area contributed by atoms with E-state index >= 15 is 0 Å². The van der Waals surface area contributed by atoms with Crippen molar-refractivity contribution < 1.29 is 9.59 Å². The normalized spacial score (nSPS) is 14.6. The first-order valence-electron chi connectivity index (χ1n) is 8.52. The lowest BCUT2D eigenvalue weighted by atomic mass is 10.2. The summed E-state index contributed by atoms with van der Waals surface area (Å²) < 4.78 is 0. The first-order chi connectivity index (χ1) is 12.0. The van der Waals surface area contributed by atoms with E-state index in [9.17, 15) is 9.59 Å². The summed E-state index contributed by atoms with van der Waals surface area (Å²) in [5, 5.41) is 6.57. The van der Waals surface area contributed by atoms with Gasteiger partial charge in [0.1, 0.15) is 0 Å². The molecule has 2 aromatic rings. The van der Waals surface area contributed by atoms with E-state index in [0.29, 0.717) is 35.9 Å². The summed E-state index contributed by atoms with van der Waals surface area (Å²) in [6.45, 7) is 4.99. The van der Waals surface area contributed by atoms with Gasteiger partial charge in [0.25, 0.3) is 5.91 Å². The summed E-state index contributed by atoms with van der Waals surface area (Å²) in [5.74, 6) is -0.172. The van der Waals surface area contributed by atoms with Crippen LogP contribution in [0.15, 0.2) is 35.0 Å². The Morgan fingerprint density at radius 2 is 2.04 bits per heavy atom. The van der Waals surface area contributed by atoms with Gasteiger partial charge in [0.15, 0.2) is 0 Å². The van der Waals surface area contributed by atoms with Crippen molar-refractivity contribution in [2.24, 2.45) is 0 Å². The minimum atomic E-state index is -0.171. The predicted molar refractivity (Wildman–Crippen MR) is 103 cm³/mol. The fraction of sp³-hybridized carbons (Fsp3) is 0.368. The smallest absolute Gasteiger partial charge is 0.258 e. The van der Waals surface area contributed by atoms with Crippen molar-refractivity contribution in [1.29, 1.82) is 0 Å². The number of carbonyl (C=O) groups is 2. The van der Waals surface area contributed by atoms with E-state index in [2.05, 4.69) is 24.1 Å². The van der Waals surface area contributed by atoms with Crippen molar-refractivity contribution in [3.05, 3.63) is 40.6 Å². The SMILES string of the molecule is CCC(C)N(C)CCC(=O)N1c2ccccc2NC(=O)c2cscc21. The van der Waals surface area contributed by atoms with Gasteiger partial charge in [-0.05, 0) is 32.5 Å². The van der Waals surface area contributed by atoms with Gasteiger partial charge in [-0.15, -0.1) is 11.3 Å². The largest absolute Gasteiger partial charge is 0.320 e. The van der Waals surface area contributed by atoms with Crippen LogP contribution < -0.4 is 10.2 Å². The second-order valence-corrected chi connectivity index (χ2v) is 7.10. The van der Waals surface area contributed by atoms with Crippen molar-refractivity contribution in [2.75, 3.05) is 23.8 Å². The highest BCUT2D eigenvalue weighted by molar-refractivity contribution is 7.08. The molecule has 1 aliphatic heterocycles. The molecule has 2 heterocycles. The molecule has 132 valence electrons. The molecule has 1 atom stereocenters. The molecule has 1 aromatic carbocycles. The molecular weight excluding hydrogens is 334 g/mol. The summed E-state index contributed by atoms with van der Waals surface area (Å²) in [6, 6.07) is 7.88. The van der Waals surface area contributed by atoms with Crippen LogP contribution in [0.5, 0.6) is 0 Å². The standard InChI is InChI=1S/C19H23N3O2S/c1-4-13(2)21(3)10-9-18(23)22-16-8-6-5-7-15(16)20-19(24)14-11-25-12-17(14)22/h5-8,11-13H,4,9-10H2,1-3H3,(H,20,24). The molecule has 0 spiro atoms. The number of nitrogens with zero attached hydrogens (tertiary/aromatic N) is 2. The Morgan fingerprint density at radius 3 is 2.80 bits per heavy atom. The lowest BCUT2D eigenvalue weighted by molar-refractivity contribution is -0.118. The van der Waals surface area contributed by atoms with Crippen LogP contribution in [0.3, 0.4) is 0 Å². The zero-order valence-electron chi connectivity index (χ0n) is 14.8. The molecule has 0 fully saturated rings. The summed E-state index contributed by atoms with van der Waals surface area (Å²) in [6.07, 6.45) is 1.45. The van der Waals surface area contributed by atoms with E-state index in [1.54, 1.807) is 10.3 Å².